The van der Waals surface area contributed by atoms with E-state index in [4.69, 9.17) is 0 Å². The van der Waals surface area contributed by atoms with Gasteiger partial charge >= 0.3 is 0 Å². The lowest BCUT2D eigenvalue weighted by molar-refractivity contribution is 0.785. The quantitative estimate of drug-likeness (QED) is 0.526. The molecule has 0 bridgehead atoms. The van der Waals surface area contributed by atoms with Crippen molar-refractivity contribution in [1.82, 2.24) is 15.0 Å². The third-order valence-corrected chi connectivity index (χ3v) is 5.18. The molecule has 1 heterocycles. The lowest BCUT2D eigenvalue weighted by Crippen LogP contribution is -1.97. The van der Waals surface area contributed by atoms with Gasteiger partial charge in [-0.3, -0.25) is 0 Å². The molecule has 0 fully saturated rings. The van der Waals surface area contributed by atoms with E-state index in [1.807, 2.05) is 18.3 Å². The summed E-state index contributed by atoms with van der Waals surface area (Å²) < 4.78 is 4.66. The molecular weight excluding hydrogens is 494 g/mol. The van der Waals surface area contributed by atoms with Crippen LogP contribution in [0.2, 0.25) is 0 Å². The highest BCUT2D eigenvalue weighted by Crippen LogP contribution is 2.33. The van der Waals surface area contributed by atoms with Crippen LogP contribution >= 0.6 is 63.7 Å². The van der Waals surface area contributed by atoms with Crippen molar-refractivity contribution in [2.45, 2.75) is 18.2 Å². The van der Waals surface area contributed by atoms with Crippen LogP contribution in [0.15, 0.2) is 31.7 Å². The molecule has 18 heavy (non-hydrogen) atoms. The van der Waals surface area contributed by atoms with Gasteiger partial charge in [0.15, 0.2) is 0 Å². The minimum atomic E-state index is 0.235. The predicted octanol–water partition coefficient (Wildman–Crippen LogP) is 5.40. The summed E-state index contributed by atoms with van der Waals surface area (Å²) in [5.41, 5.74) is 1.87. The van der Waals surface area contributed by atoms with E-state index in [9.17, 15) is 0 Å². The summed E-state index contributed by atoms with van der Waals surface area (Å²) in [5.74, 6) is 0. The Hall–Kier alpha value is 0.280. The van der Waals surface area contributed by atoms with E-state index in [-0.39, 0.29) is 4.83 Å². The predicted molar refractivity (Wildman–Crippen MR) is 86.4 cm³/mol. The second-order valence-corrected chi connectivity index (χ2v) is 7.41. The van der Waals surface area contributed by atoms with Gasteiger partial charge in [-0.25, -0.2) is 4.68 Å². The minimum absolute atomic E-state index is 0.235. The highest BCUT2D eigenvalue weighted by atomic mass is 79.9. The fraction of sp³-hybridized carbons (Fsp3) is 0.273. The van der Waals surface area contributed by atoms with Crippen molar-refractivity contribution in [1.29, 1.82) is 0 Å². The van der Waals surface area contributed by atoms with E-state index >= 15 is 0 Å². The number of halogens is 4. The molecule has 1 aromatic carbocycles. The first-order valence-corrected chi connectivity index (χ1v) is 8.53. The van der Waals surface area contributed by atoms with Gasteiger partial charge in [0.05, 0.1) is 22.4 Å². The van der Waals surface area contributed by atoms with Gasteiger partial charge in [0.2, 0.25) is 0 Å². The van der Waals surface area contributed by atoms with E-state index in [0.717, 1.165) is 31.2 Å². The zero-order valence-electron chi connectivity index (χ0n) is 9.37. The Morgan fingerprint density at radius 3 is 2.39 bits per heavy atom. The summed E-state index contributed by atoms with van der Waals surface area (Å²) in [4.78, 5) is 0.235. The van der Waals surface area contributed by atoms with Crippen LogP contribution in [0.3, 0.4) is 0 Å². The summed E-state index contributed by atoms with van der Waals surface area (Å²) in [7, 11) is 0. The second-order valence-electron chi connectivity index (χ2n) is 3.68. The maximum absolute atomic E-state index is 4.18. The molecule has 0 saturated carbocycles. The largest absolute Gasteiger partial charge is 0.218 e. The van der Waals surface area contributed by atoms with Crippen molar-refractivity contribution in [3.63, 3.8) is 0 Å². The Labute approximate surface area is 139 Å². The first-order chi connectivity index (χ1) is 8.52. The summed E-state index contributed by atoms with van der Waals surface area (Å²) >= 11 is 14.1. The molecule has 0 aliphatic heterocycles. The Morgan fingerprint density at radius 2 is 1.83 bits per heavy atom. The molecule has 0 amide bonds. The van der Waals surface area contributed by atoms with Crippen molar-refractivity contribution < 1.29 is 0 Å². The highest BCUT2D eigenvalue weighted by molar-refractivity contribution is 9.11. The molecule has 1 aromatic heterocycles. The average molecular weight is 503 g/mol. The molecule has 2 aromatic rings. The van der Waals surface area contributed by atoms with Crippen molar-refractivity contribution in [3.8, 4) is 5.69 Å². The molecule has 0 N–H and O–H groups in total. The minimum Gasteiger partial charge on any atom is -0.218 e. The lowest BCUT2D eigenvalue weighted by atomic mass is 10.3. The van der Waals surface area contributed by atoms with Gasteiger partial charge in [-0.05, 0) is 50.4 Å². The van der Waals surface area contributed by atoms with Crippen LogP contribution in [0.1, 0.15) is 23.9 Å². The normalized spacial score (nSPS) is 12.7. The molecular formula is C11H9Br4N3. The summed E-state index contributed by atoms with van der Waals surface area (Å²) in [6, 6.07) is 3.96. The van der Waals surface area contributed by atoms with Gasteiger partial charge in [0.1, 0.15) is 0 Å². The van der Waals surface area contributed by atoms with Gasteiger partial charge in [0, 0.05) is 13.4 Å². The fourth-order valence-corrected chi connectivity index (χ4v) is 4.32. The fourth-order valence-electron chi connectivity index (χ4n) is 1.49. The number of benzene rings is 1. The maximum atomic E-state index is 4.18. The van der Waals surface area contributed by atoms with Crippen molar-refractivity contribution >= 4 is 63.7 Å². The number of hydrogen-bond acceptors (Lipinski definition) is 2. The standard InChI is InChI=1S/C11H9Br4N3/c1-2-7(13)10-5-18(17-16-10)11-8(14)3-6(12)4-9(11)15/h3-5,7H,2H2,1H3. The summed E-state index contributed by atoms with van der Waals surface area (Å²) in [6.07, 6.45) is 2.91. The molecule has 0 saturated heterocycles. The van der Waals surface area contributed by atoms with Gasteiger partial charge in [0.25, 0.3) is 0 Å². The topological polar surface area (TPSA) is 30.7 Å². The van der Waals surface area contributed by atoms with Crippen LogP contribution in [0, 0.1) is 0 Å². The van der Waals surface area contributed by atoms with Crippen molar-refractivity contribution in [2.75, 3.05) is 0 Å². The number of alkyl halides is 1. The Bertz CT molecular complexity index is 544. The first kappa shape index (κ1) is 14.7. The molecule has 96 valence electrons. The van der Waals surface area contributed by atoms with Gasteiger partial charge in [-0.1, -0.05) is 44.0 Å². The Morgan fingerprint density at radius 1 is 1.22 bits per heavy atom. The Balaban J connectivity index is 2.46. The molecule has 1 atom stereocenters. The van der Waals surface area contributed by atoms with E-state index in [1.165, 1.54) is 0 Å². The lowest BCUT2D eigenvalue weighted by Gasteiger charge is -2.07. The molecule has 7 heteroatoms. The molecule has 0 aliphatic carbocycles. The molecule has 2 rings (SSSR count). The molecule has 1 unspecified atom stereocenters. The van der Waals surface area contributed by atoms with Gasteiger partial charge < -0.3 is 0 Å². The third kappa shape index (κ3) is 3.05. The van der Waals surface area contributed by atoms with Crippen molar-refractivity contribution in [3.05, 3.63) is 37.4 Å². The summed E-state index contributed by atoms with van der Waals surface area (Å²) in [5, 5.41) is 8.35. The number of rotatable bonds is 3. The number of hydrogen-bond donors (Lipinski definition) is 0. The highest BCUT2D eigenvalue weighted by Gasteiger charge is 2.14. The first-order valence-electron chi connectivity index (χ1n) is 5.24. The van der Waals surface area contributed by atoms with Crippen LogP contribution in [0.4, 0.5) is 0 Å². The zero-order valence-corrected chi connectivity index (χ0v) is 15.7. The molecule has 0 aliphatic rings. The monoisotopic (exact) mass is 499 g/mol. The summed E-state index contributed by atoms with van der Waals surface area (Å²) in [6.45, 7) is 2.10. The average Bonchev–Trinajstić information content (AvgIpc) is 2.76. The maximum Gasteiger partial charge on any atom is 0.0967 e. The van der Waals surface area contributed by atoms with E-state index in [2.05, 4.69) is 81.0 Å². The van der Waals surface area contributed by atoms with E-state index in [1.54, 1.807) is 4.68 Å². The van der Waals surface area contributed by atoms with Crippen LogP contribution < -0.4 is 0 Å². The van der Waals surface area contributed by atoms with Crippen LogP contribution in [0.5, 0.6) is 0 Å². The SMILES string of the molecule is CCC(Br)c1cn(-c2c(Br)cc(Br)cc2Br)nn1. The van der Waals surface area contributed by atoms with Crippen LogP contribution in [0.25, 0.3) is 5.69 Å². The number of aromatic nitrogens is 3. The molecule has 3 nitrogen and oxygen atoms in total. The van der Waals surface area contributed by atoms with Crippen LogP contribution in [-0.2, 0) is 0 Å². The molecule has 0 spiro atoms. The van der Waals surface area contributed by atoms with Crippen molar-refractivity contribution in [2.24, 2.45) is 0 Å². The van der Waals surface area contributed by atoms with Crippen LogP contribution in [-0.4, -0.2) is 15.0 Å². The van der Waals surface area contributed by atoms with E-state index < -0.39 is 0 Å². The van der Waals surface area contributed by atoms with Gasteiger partial charge in [-0.2, -0.15) is 0 Å². The van der Waals surface area contributed by atoms with E-state index in [0.29, 0.717) is 0 Å². The Kier molecular flexibility index (Phi) is 5.02. The van der Waals surface area contributed by atoms with Gasteiger partial charge in [-0.15, -0.1) is 5.10 Å². The zero-order chi connectivity index (χ0) is 13.3. The smallest absolute Gasteiger partial charge is 0.0967 e. The number of nitrogens with zero attached hydrogens (tertiary/aromatic N) is 3. The molecule has 0 radical (unpaired) electrons. The second kappa shape index (κ2) is 6.15. The third-order valence-electron chi connectivity index (χ3n) is 2.40.